The van der Waals surface area contributed by atoms with Crippen molar-refractivity contribution in [2.24, 2.45) is 0 Å². The van der Waals surface area contributed by atoms with E-state index in [1.54, 1.807) is 19.2 Å². The number of aryl methyl sites for hydroxylation is 1. The van der Waals surface area contributed by atoms with Gasteiger partial charge >= 0.3 is 0 Å². The summed E-state index contributed by atoms with van der Waals surface area (Å²) >= 11 is 0. The van der Waals surface area contributed by atoms with E-state index in [1.165, 1.54) is 0 Å². The molecule has 0 bridgehead atoms. The van der Waals surface area contributed by atoms with Gasteiger partial charge in [0.15, 0.2) is 0 Å². The van der Waals surface area contributed by atoms with Crippen molar-refractivity contribution in [3.63, 3.8) is 0 Å². The molecule has 4 nitrogen and oxygen atoms in total. The third-order valence-electron chi connectivity index (χ3n) is 3.34. The number of rotatable bonds is 4. The summed E-state index contributed by atoms with van der Waals surface area (Å²) in [5.74, 6) is -0.207. The second kappa shape index (κ2) is 6.19. The molecule has 1 aromatic heterocycles. The minimum atomic E-state index is -0.262. The number of aromatic nitrogens is 1. The number of hydrogen-bond acceptors (Lipinski definition) is 3. The van der Waals surface area contributed by atoms with E-state index < -0.39 is 0 Å². The summed E-state index contributed by atoms with van der Waals surface area (Å²) in [4.78, 5) is 16.2. The lowest BCUT2D eigenvalue weighted by atomic mass is 10.0. The van der Waals surface area contributed by atoms with Crippen LogP contribution in [0.15, 0.2) is 36.5 Å². The van der Waals surface area contributed by atoms with Gasteiger partial charge in [0.25, 0.3) is 5.91 Å². The molecule has 0 aliphatic carbocycles. The third-order valence-corrected chi connectivity index (χ3v) is 3.34. The van der Waals surface area contributed by atoms with Gasteiger partial charge < -0.3 is 10.4 Å². The number of nitrogens with one attached hydrogen (secondary N) is 1. The van der Waals surface area contributed by atoms with Gasteiger partial charge in [-0.2, -0.15) is 0 Å². The van der Waals surface area contributed by atoms with Crippen LogP contribution in [0.25, 0.3) is 0 Å². The molecule has 1 heterocycles. The lowest BCUT2D eigenvalue weighted by molar-refractivity contribution is 0.0951. The lowest BCUT2D eigenvalue weighted by Crippen LogP contribution is -2.26. The van der Waals surface area contributed by atoms with Crippen LogP contribution in [0.4, 0.5) is 0 Å². The van der Waals surface area contributed by atoms with E-state index >= 15 is 0 Å². The fourth-order valence-corrected chi connectivity index (χ4v) is 1.93. The Morgan fingerprint density at radius 1 is 1.25 bits per heavy atom. The molecular weight excluding hydrogens is 252 g/mol. The SMILES string of the molecule is Cc1ccc(C(=O)NCCc2ccccn2)c(O)c1C. The molecule has 0 aliphatic rings. The number of pyridine rings is 1. The molecule has 0 fully saturated rings. The van der Waals surface area contributed by atoms with Crippen LogP contribution in [0.2, 0.25) is 0 Å². The van der Waals surface area contributed by atoms with Gasteiger partial charge in [-0.3, -0.25) is 9.78 Å². The second-order valence-electron chi connectivity index (χ2n) is 4.73. The maximum Gasteiger partial charge on any atom is 0.255 e. The largest absolute Gasteiger partial charge is 0.507 e. The van der Waals surface area contributed by atoms with Gasteiger partial charge in [0.2, 0.25) is 0 Å². The Bertz CT molecular complexity index is 609. The number of phenols is 1. The maximum atomic E-state index is 12.0. The fraction of sp³-hybridized carbons (Fsp3) is 0.250. The molecular formula is C16H18N2O2. The van der Waals surface area contributed by atoms with Gasteiger partial charge in [0.1, 0.15) is 5.75 Å². The van der Waals surface area contributed by atoms with Crippen molar-refractivity contribution in [2.75, 3.05) is 6.54 Å². The molecule has 0 saturated carbocycles. The van der Waals surface area contributed by atoms with Crippen molar-refractivity contribution in [3.8, 4) is 5.75 Å². The normalized spacial score (nSPS) is 10.3. The molecule has 20 heavy (non-hydrogen) atoms. The monoisotopic (exact) mass is 270 g/mol. The zero-order chi connectivity index (χ0) is 14.5. The standard InChI is InChI=1S/C16H18N2O2/c1-11-6-7-14(15(19)12(11)2)16(20)18-10-8-13-5-3-4-9-17-13/h3-7,9,19H,8,10H2,1-2H3,(H,18,20). The predicted octanol–water partition coefficient (Wildman–Crippen LogP) is 2.38. The Hall–Kier alpha value is -2.36. The van der Waals surface area contributed by atoms with Gasteiger partial charge in [-0.1, -0.05) is 12.1 Å². The summed E-state index contributed by atoms with van der Waals surface area (Å²) in [7, 11) is 0. The van der Waals surface area contributed by atoms with Crippen LogP contribution in [0.3, 0.4) is 0 Å². The Morgan fingerprint density at radius 2 is 2.05 bits per heavy atom. The number of carbonyl (C=O) groups excluding carboxylic acids is 1. The molecule has 2 rings (SSSR count). The average molecular weight is 270 g/mol. The summed E-state index contributed by atoms with van der Waals surface area (Å²) in [5.41, 5.74) is 2.95. The quantitative estimate of drug-likeness (QED) is 0.896. The highest BCUT2D eigenvalue weighted by Crippen LogP contribution is 2.24. The van der Waals surface area contributed by atoms with Crippen LogP contribution in [0.5, 0.6) is 5.75 Å². The molecule has 0 aliphatic heterocycles. The molecule has 4 heteroatoms. The number of aromatic hydroxyl groups is 1. The van der Waals surface area contributed by atoms with Crippen molar-refractivity contribution in [1.29, 1.82) is 0 Å². The molecule has 0 atom stereocenters. The first-order chi connectivity index (χ1) is 9.59. The smallest absolute Gasteiger partial charge is 0.255 e. The van der Waals surface area contributed by atoms with Crippen LogP contribution in [-0.2, 0) is 6.42 Å². The summed E-state index contributed by atoms with van der Waals surface area (Å²) in [5, 5.41) is 12.8. The minimum absolute atomic E-state index is 0.0559. The molecule has 1 aromatic carbocycles. The van der Waals surface area contributed by atoms with Crippen molar-refractivity contribution in [2.45, 2.75) is 20.3 Å². The second-order valence-corrected chi connectivity index (χ2v) is 4.73. The zero-order valence-corrected chi connectivity index (χ0v) is 11.7. The highest BCUT2D eigenvalue weighted by Gasteiger charge is 2.13. The average Bonchev–Trinajstić information content (AvgIpc) is 2.46. The van der Waals surface area contributed by atoms with E-state index in [1.807, 2.05) is 31.2 Å². The number of phenolic OH excluding ortho intramolecular Hbond substituents is 1. The van der Waals surface area contributed by atoms with Crippen LogP contribution in [-0.4, -0.2) is 22.5 Å². The van der Waals surface area contributed by atoms with E-state index in [-0.39, 0.29) is 11.7 Å². The van der Waals surface area contributed by atoms with Gasteiger partial charge in [0, 0.05) is 24.9 Å². The minimum Gasteiger partial charge on any atom is -0.507 e. The van der Waals surface area contributed by atoms with Crippen molar-refractivity contribution in [3.05, 3.63) is 58.9 Å². The van der Waals surface area contributed by atoms with Crippen LogP contribution >= 0.6 is 0 Å². The number of nitrogens with zero attached hydrogens (tertiary/aromatic N) is 1. The zero-order valence-electron chi connectivity index (χ0n) is 11.7. The third kappa shape index (κ3) is 3.15. The molecule has 0 radical (unpaired) electrons. The van der Waals surface area contributed by atoms with E-state index in [0.29, 0.717) is 18.5 Å². The molecule has 2 N–H and O–H groups in total. The first kappa shape index (κ1) is 14.1. The van der Waals surface area contributed by atoms with Gasteiger partial charge in [-0.25, -0.2) is 0 Å². The summed E-state index contributed by atoms with van der Waals surface area (Å²) < 4.78 is 0. The molecule has 104 valence electrons. The van der Waals surface area contributed by atoms with Crippen molar-refractivity contribution < 1.29 is 9.90 Å². The van der Waals surface area contributed by atoms with Gasteiger partial charge in [-0.15, -0.1) is 0 Å². The first-order valence-corrected chi connectivity index (χ1v) is 6.57. The van der Waals surface area contributed by atoms with E-state index in [9.17, 15) is 9.90 Å². The molecule has 0 unspecified atom stereocenters. The molecule has 0 saturated heterocycles. The number of carbonyl (C=O) groups is 1. The first-order valence-electron chi connectivity index (χ1n) is 6.57. The molecule has 1 amide bonds. The summed E-state index contributed by atoms with van der Waals surface area (Å²) in [6.07, 6.45) is 2.39. The highest BCUT2D eigenvalue weighted by molar-refractivity contribution is 5.97. The van der Waals surface area contributed by atoms with E-state index in [2.05, 4.69) is 10.3 Å². The Kier molecular flexibility index (Phi) is 4.35. The highest BCUT2D eigenvalue weighted by atomic mass is 16.3. The van der Waals surface area contributed by atoms with Crippen LogP contribution in [0.1, 0.15) is 27.2 Å². The predicted molar refractivity (Wildman–Crippen MR) is 77.9 cm³/mol. The molecule has 0 spiro atoms. The topological polar surface area (TPSA) is 62.2 Å². The van der Waals surface area contributed by atoms with Gasteiger partial charge in [-0.05, 0) is 43.2 Å². The Balaban J connectivity index is 1.97. The molecule has 2 aromatic rings. The van der Waals surface area contributed by atoms with E-state index in [0.717, 1.165) is 16.8 Å². The van der Waals surface area contributed by atoms with Crippen molar-refractivity contribution >= 4 is 5.91 Å². The number of amides is 1. The summed E-state index contributed by atoms with van der Waals surface area (Å²) in [6, 6.07) is 9.17. The number of benzene rings is 1. The van der Waals surface area contributed by atoms with Gasteiger partial charge in [0.05, 0.1) is 5.56 Å². The maximum absolute atomic E-state index is 12.0. The van der Waals surface area contributed by atoms with Crippen LogP contribution < -0.4 is 5.32 Å². The van der Waals surface area contributed by atoms with Crippen molar-refractivity contribution in [1.82, 2.24) is 10.3 Å². The lowest BCUT2D eigenvalue weighted by Gasteiger charge is -2.10. The fourth-order valence-electron chi connectivity index (χ4n) is 1.93. The van der Waals surface area contributed by atoms with Crippen LogP contribution in [0, 0.1) is 13.8 Å². The number of hydrogen-bond donors (Lipinski definition) is 2. The summed E-state index contributed by atoms with van der Waals surface area (Å²) in [6.45, 7) is 4.19. The Labute approximate surface area is 118 Å². The van der Waals surface area contributed by atoms with E-state index in [4.69, 9.17) is 0 Å². The Morgan fingerprint density at radius 3 is 2.75 bits per heavy atom.